The van der Waals surface area contributed by atoms with Crippen molar-refractivity contribution >= 4 is 5.91 Å². The summed E-state index contributed by atoms with van der Waals surface area (Å²) in [4.78, 5) is 15.3. The van der Waals surface area contributed by atoms with Crippen LogP contribution in [-0.2, 0) is 17.8 Å². The third-order valence-electron chi connectivity index (χ3n) is 7.36. The highest BCUT2D eigenvalue weighted by Crippen LogP contribution is 2.30. The molecule has 1 N–H and O–H groups in total. The largest absolute Gasteiger partial charge is 0.349 e. The molecule has 3 aromatic rings. The van der Waals surface area contributed by atoms with Crippen molar-refractivity contribution in [3.63, 3.8) is 0 Å². The normalized spacial score (nSPS) is 16.0. The zero-order valence-corrected chi connectivity index (χ0v) is 23.1. The minimum absolute atomic E-state index is 0.0147. The summed E-state index contributed by atoms with van der Waals surface area (Å²) >= 11 is 0. The maximum atomic E-state index is 12.7. The van der Waals surface area contributed by atoms with E-state index in [2.05, 4.69) is 103 Å². The number of nitrogens with one attached hydrogen (secondary N) is 1. The molecule has 198 valence electrons. The number of carbonyl (C=O) groups is 1. The van der Waals surface area contributed by atoms with Crippen LogP contribution in [0, 0.1) is 5.41 Å². The van der Waals surface area contributed by atoms with E-state index in [1.165, 1.54) is 22.5 Å². The first-order valence-electron chi connectivity index (χ1n) is 14.0. The minimum Gasteiger partial charge on any atom is -0.349 e. The number of carbonyl (C=O) groups excluding carboxylic acids is 1. The maximum Gasteiger partial charge on any atom is 0.221 e. The average molecular weight is 501 g/mol. The summed E-state index contributed by atoms with van der Waals surface area (Å²) in [6.07, 6.45) is 4.67. The molecule has 0 saturated carbocycles. The van der Waals surface area contributed by atoms with Crippen molar-refractivity contribution in [3.05, 3.63) is 89.2 Å². The summed E-state index contributed by atoms with van der Waals surface area (Å²) in [6, 6.07) is 23.4. The van der Waals surface area contributed by atoms with E-state index in [1.807, 2.05) is 6.07 Å². The standard InChI is InChI=1S/C32H44N4O/c1-5-36-30(23-28(34-36)22-25-12-8-6-9-13-25)27-16-19-35(20-17-27)21-18-29(26-14-10-7-11-15-26)33-31(37)24-32(2,3)4/h6-15,23,27,29H,5,16-22,24H2,1-4H3,(H,33,37)/t29-/m0/s1. The van der Waals surface area contributed by atoms with Crippen LogP contribution < -0.4 is 5.32 Å². The van der Waals surface area contributed by atoms with E-state index in [1.54, 1.807) is 0 Å². The maximum absolute atomic E-state index is 12.7. The first kappa shape index (κ1) is 27.1. The molecule has 1 aliphatic rings. The Morgan fingerprint density at radius 3 is 2.30 bits per heavy atom. The molecule has 1 aromatic heterocycles. The van der Waals surface area contributed by atoms with E-state index in [0.29, 0.717) is 12.3 Å². The van der Waals surface area contributed by atoms with E-state index < -0.39 is 0 Å². The Kier molecular flexibility index (Phi) is 9.20. The highest BCUT2D eigenvalue weighted by Gasteiger charge is 2.26. The van der Waals surface area contributed by atoms with E-state index in [4.69, 9.17) is 5.10 Å². The van der Waals surface area contributed by atoms with Crippen LogP contribution in [0.3, 0.4) is 0 Å². The second-order valence-corrected chi connectivity index (χ2v) is 11.7. The molecule has 0 radical (unpaired) electrons. The Balaban J connectivity index is 1.33. The molecule has 2 aromatic carbocycles. The first-order chi connectivity index (χ1) is 17.8. The van der Waals surface area contributed by atoms with E-state index in [0.717, 1.165) is 51.9 Å². The number of likely N-dealkylation sites (tertiary alicyclic amines) is 1. The topological polar surface area (TPSA) is 50.2 Å². The molecule has 1 saturated heterocycles. The fourth-order valence-electron chi connectivity index (χ4n) is 5.46. The van der Waals surface area contributed by atoms with Gasteiger partial charge >= 0.3 is 0 Å². The third kappa shape index (κ3) is 8.03. The molecule has 5 heteroatoms. The molecule has 5 nitrogen and oxygen atoms in total. The quantitative estimate of drug-likeness (QED) is 0.353. The van der Waals surface area contributed by atoms with Crippen LogP contribution in [0.1, 0.15) is 87.9 Å². The second kappa shape index (κ2) is 12.6. The molecular weight excluding hydrogens is 456 g/mol. The van der Waals surface area contributed by atoms with Crippen molar-refractivity contribution < 1.29 is 4.79 Å². The number of rotatable bonds is 10. The molecular formula is C32H44N4O. The molecule has 1 fully saturated rings. The summed E-state index contributed by atoms with van der Waals surface area (Å²) in [6.45, 7) is 12.6. The lowest BCUT2D eigenvalue weighted by molar-refractivity contribution is -0.123. The van der Waals surface area contributed by atoms with Crippen LogP contribution in [0.2, 0.25) is 0 Å². The first-order valence-corrected chi connectivity index (χ1v) is 14.0. The van der Waals surface area contributed by atoms with Gasteiger partial charge in [0.05, 0.1) is 11.7 Å². The summed E-state index contributed by atoms with van der Waals surface area (Å²) in [5.41, 5.74) is 5.05. The lowest BCUT2D eigenvalue weighted by Gasteiger charge is -2.33. The van der Waals surface area contributed by atoms with Crippen LogP contribution in [0.4, 0.5) is 0 Å². The van der Waals surface area contributed by atoms with Gasteiger partial charge in [0.1, 0.15) is 0 Å². The fourth-order valence-corrected chi connectivity index (χ4v) is 5.46. The molecule has 0 spiro atoms. The summed E-state index contributed by atoms with van der Waals surface area (Å²) < 4.78 is 2.22. The number of nitrogens with zero attached hydrogens (tertiary/aromatic N) is 3. The molecule has 2 heterocycles. The molecule has 1 aliphatic heterocycles. The monoisotopic (exact) mass is 500 g/mol. The van der Waals surface area contributed by atoms with Crippen LogP contribution in [0.15, 0.2) is 66.7 Å². The highest BCUT2D eigenvalue weighted by molar-refractivity contribution is 5.77. The Bertz CT molecular complexity index is 1110. The Labute approximate surface area is 223 Å². The molecule has 37 heavy (non-hydrogen) atoms. The van der Waals surface area contributed by atoms with Gasteiger partial charge in [-0.1, -0.05) is 81.4 Å². The SMILES string of the molecule is CCn1nc(Cc2ccccc2)cc1C1CCN(CC[C@H](NC(=O)CC(C)(C)C)c2ccccc2)CC1. The molecule has 0 bridgehead atoms. The number of aromatic nitrogens is 2. The van der Waals surface area contributed by atoms with Gasteiger partial charge in [0.15, 0.2) is 0 Å². The number of piperidine rings is 1. The van der Waals surface area contributed by atoms with Crippen LogP contribution in [0.5, 0.6) is 0 Å². The zero-order valence-electron chi connectivity index (χ0n) is 23.1. The van der Waals surface area contributed by atoms with Gasteiger partial charge in [-0.15, -0.1) is 0 Å². The number of hydrogen-bond acceptors (Lipinski definition) is 3. The van der Waals surface area contributed by atoms with E-state index in [-0.39, 0.29) is 17.4 Å². The molecule has 1 atom stereocenters. The molecule has 0 aliphatic carbocycles. The predicted octanol–water partition coefficient (Wildman–Crippen LogP) is 6.36. The Hall–Kier alpha value is -2.92. The minimum atomic E-state index is -0.0147. The lowest BCUT2D eigenvalue weighted by Crippen LogP contribution is -2.37. The van der Waals surface area contributed by atoms with Crippen molar-refractivity contribution in [2.45, 2.75) is 78.3 Å². The van der Waals surface area contributed by atoms with Crippen LogP contribution in [-0.4, -0.2) is 40.2 Å². The van der Waals surface area contributed by atoms with Crippen molar-refractivity contribution in [2.75, 3.05) is 19.6 Å². The number of amides is 1. The Morgan fingerprint density at radius 2 is 1.68 bits per heavy atom. The Morgan fingerprint density at radius 1 is 1.03 bits per heavy atom. The highest BCUT2D eigenvalue weighted by atomic mass is 16.1. The van der Waals surface area contributed by atoms with E-state index >= 15 is 0 Å². The summed E-state index contributed by atoms with van der Waals surface area (Å²) in [5, 5.41) is 8.25. The fraction of sp³-hybridized carbons (Fsp3) is 0.500. The van der Waals surface area contributed by atoms with Crippen molar-refractivity contribution in [2.24, 2.45) is 5.41 Å². The number of hydrogen-bond donors (Lipinski definition) is 1. The van der Waals surface area contributed by atoms with Gasteiger partial charge in [-0.2, -0.15) is 5.10 Å². The van der Waals surface area contributed by atoms with E-state index in [9.17, 15) is 4.79 Å². The van der Waals surface area contributed by atoms with Crippen molar-refractivity contribution in [1.82, 2.24) is 20.0 Å². The molecule has 0 unspecified atom stereocenters. The van der Waals surface area contributed by atoms with Gasteiger partial charge in [-0.3, -0.25) is 9.48 Å². The van der Waals surface area contributed by atoms with Gasteiger partial charge in [-0.05, 0) is 61.9 Å². The van der Waals surface area contributed by atoms with Crippen molar-refractivity contribution in [3.8, 4) is 0 Å². The number of benzene rings is 2. The van der Waals surface area contributed by atoms with Gasteiger partial charge in [0, 0.05) is 37.5 Å². The van der Waals surface area contributed by atoms with Gasteiger partial charge in [0.2, 0.25) is 5.91 Å². The molecule has 4 rings (SSSR count). The third-order valence-corrected chi connectivity index (χ3v) is 7.36. The second-order valence-electron chi connectivity index (χ2n) is 11.7. The summed E-state index contributed by atoms with van der Waals surface area (Å²) in [7, 11) is 0. The number of aryl methyl sites for hydroxylation is 1. The molecule has 1 amide bonds. The smallest absolute Gasteiger partial charge is 0.221 e. The van der Waals surface area contributed by atoms with Crippen LogP contribution in [0.25, 0.3) is 0 Å². The predicted molar refractivity (Wildman–Crippen MR) is 152 cm³/mol. The van der Waals surface area contributed by atoms with Gasteiger partial charge in [-0.25, -0.2) is 0 Å². The van der Waals surface area contributed by atoms with Gasteiger partial charge in [0.25, 0.3) is 0 Å². The average Bonchev–Trinajstić information content (AvgIpc) is 3.29. The zero-order chi connectivity index (χ0) is 26.3. The van der Waals surface area contributed by atoms with Gasteiger partial charge < -0.3 is 10.2 Å². The van der Waals surface area contributed by atoms with Crippen LogP contribution >= 0.6 is 0 Å². The lowest BCUT2D eigenvalue weighted by atomic mass is 9.91. The van der Waals surface area contributed by atoms with Crippen molar-refractivity contribution in [1.29, 1.82) is 0 Å². The summed E-state index contributed by atoms with van der Waals surface area (Å²) in [5.74, 6) is 0.698.